The number of aromatic amines is 1. The zero-order valence-corrected chi connectivity index (χ0v) is 11.7. The molecule has 0 saturated carbocycles. The normalized spacial score (nSPS) is 22.4. The van der Waals surface area contributed by atoms with E-state index in [0.717, 1.165) is 14.1 Å². The molecule has 110 valence electrons. The molecule has 0 aliphatic rings. The molecule has 2 aromatic rings. The number of benzene rings is 1. The van der Waals surface area contributed by atoms with E-state index in [0.29, 0.717) is 0 Å². The molecule has 0 saturated heterocycles. The molecule has 1 heterocycles. The largest absolute Gasteiger partial charge is 0.361 e. The molecular formula is C14H21N3O2S. The zero-order chi connectivity index (χ0) is 24.3. The third-order valence-corrected chi connectivity index (χ3v) is 3.71. The van der Waals surface area contributed by atoms with Crippen LogP contribution in [0.1, 0.15) is 26.2 Å². The number of nitrogens with one attached hydrogen (secondary N) is 2. The first-order valence-corrected chi connectivity index (χ1v) is 7.23. The van der Waals surface area contributed by atoms with Crippen molar-refractivity contribution in [1.82, 2.24) is 14.6 Å². The number of nitrogens with zero attached hydrogens (tertiary/aromatic N) is 1. The molecule has 0 spiro atoms. The van der Waals surface area contributed by atoms with E-state index < -0.39 is 76.4 Å². The van der Waals surface area contributed by atoms with Crippen LogP contribution in [0.2, 0.25) is 0 Å². The number of aryl methyl sites for hydroxylation is 1. The summed E-state index contributed by atoms with van der Waals surface area (Å²) >= 11 is 0. The number of sulfonamides is 1. The Morgan fingerprint density at radius 2 is 2.35 bits per heavy atom. The Morgan fingerprint density at radius 3 is 3.05 bits per heavy atom. The zero-order valence-electron chi connectivity index (χ0n) is 21.9. The van der Waals surface area contributed by atoms with Crippen LogP contribution in [0.15, 0.2) is 24.3 Å². The fourth-order valence-electron chi connectivity index (χ4n) is 1.48. The minimum Gasteiger partial charge on any atom is -0.361 e. The van der Waals surface area contributed by atoms with Gasteiger partial charge in [-0.3, -0.25) is 0 Å². The van der Waals surface area contributed by atoms with Crippen molar-refractivity contribution in [1.29, 1.82) is 0 Å². The number of fused-ring (bicyclic) bond motifs is 1. The Morgan fingerprint density at radius 1 is 1.55 bits per heavy atom. The quantitative estimate of drug-likeness (QED) is 0.846. The van der Waals surface area contributed by atoms with Crippen LogP contribution in [-0.4, -0.2) is 45.9 Å². The second-order valence-corrected chi connectivity index (χ2v) is 5.91. The molecular weight excluding hydrogens is 274 g/mol. The monoisotopic (exact) mass is 306 g/mol. The van der Waals surface area contributed by atoms with E-state index in [1.807, 2.05) is 4.72 Å². The first-order chi connectivity index (χ1) is 13.8. The van der Waals surface area contributed by atoms with E-state index >= 15 is 0 Å². The van der Waals surface area contributed by atoms with E-state index in [9.17, 15) is 8.42 Å². The summed E-state index contributed by atoms with van der Waals surface area (Å²) in [4.78, 5) is 2.52. The number of H-pyrrole nitrogens is 1. The first-order valence-electron chi connectivity index (χ1n) is 11.1. The Bertz CT molecular complexity index is 1130. The van der Waals surface area contributed by atoms with Gasteiger partial charge >= 0.3 is 0 Å². The maximum Gasteiger partial charge on any atom is 0.215 e. The van der Waals surface area contributed by atoms with Gasteiger partial charge in [0.1, 0.15) is 0 Å². The Kier molecular flexibility index (Phi) is 1.84. The lowest BCUT2D eigenvalue weighted by Gasteiger charge is -2.08. The summed E-state index contributed by atoms with van der Waals surface area (Å²) < 4.78 is 114. The van der Waals surface area contributed by atoms with E-state index in [1.54, 1.807) is 0 Å². The summed E-state index contributed by atoms with van der Waals surface area (Å²) in [5.41, 5.74) is -1.50. The molecule has 1 aromatic heterocycles. The Balaban J connectivity index is 2.92. The maximum absolute atomic E-state index is 12.0. The van der Waals surface area contributed by atoms with Crippen molar-refractivity contribution >= 4 is 20.9 Å². The minimum absolute atomic E-state index is 0.175. The highest BCUT2D eigenvalue weighted by molar-refractivity contribution is 7.88. The topological polar surface area (TPSA) is 65.2 Å². The average Bonchev–Trinajstić information content (AvgIpc) is 3.00. The van der Waals surface area contributed by atoms with Crippen LogP contribution in [0.4, 0.5) is 0 Å². The van der Waals surface area contributed by atoms with Gasteiger partial charge in [-0.2, -0.15) is 0 Å². The van der Waals surface area contributed by atoms with Gasteiger partial charge < -0.3 is 9.88 Å². The Labute approximate surface area is 135 Å². The molecule has 0 bridgehead atoms. The van der Waals surface area contributed by atoms with Crippen LogP contribution in [0.5, 0.6) is 0 Å². The lowest BCUT2D eigenvalue weighted by atomic mass is 10.1. The van der Waals surface area contributed by atoms with Crippen molar-refractivity contribution in [2.24, 2.45) is 0 Å². The van der Waals surface area contributed by atoms with Crippen LogP contribution in [-0.2, 0) is 22.1 Å². The number of hydrogen-bond acceptors (Lipinski definition) is 3. The van der Waals surface area contributed by atoms with Crippen molar-refractivity contribution in [3.8, 4) is 0 Å². The van der Waals surface area contributed by atoms with Crippen molar-refractivity contribution in [3.63, 3.8) is 0 Å². The second kappa shape index (κ2) is 5.95. The van der Waals surface area contributed by atoms with Crippen molar-refractivity contribution < 1.29 is 23.5 Å². The summed E-state index contributed by atoms with van der Waals surface area (Å²) in [6, 6.07) is -1.89. The van der Waals surface area contributed by atoms with Crippen LogP contribution < -0.4 is 4.72 Å². The van der Waals surface area contributed by atoms with E-state index in [4.69, 9.17) is 15.1 Å². The molecule has 0 atom stereocenters. The molecule has 0 aliphatic carbocycles. The summed E-state index contributed by atoms with van der Waals surface area (Å²) in [7, 11) is -2.03. The van der Waals surface area contributed by atoms with Gasteiger partial charge in [0, 0.05) is 33.2 Å². The predicted molar refractivity (Wildman–Crippen MR) is 82.2 cm³/mol. The van der Waals surface area contributed by atoms with Gasteiger partial charge in [0.15, 0.2) is 0 Å². The molecule has 0 unspecified atom stereocenters. The van der Waals surface area contributed by atoms with Crippen LogP contribution in [0.25, 0.3) is 10.9 Å². The standard InChI is InChI=1S/C14H21N3O2S/c1-15-20(18,19)10-11-4-5-14-13(8-11)12(9-16-14)6-7-17(2)3/h4-5,8-9,15-16H,6-7,10H2,1-3H3/i2D3,4D,5D,6D2,7D2,8D,9D. The number of likely N-dealkylation sites (N-methyl/N-ethyl adjacent to an activating group) is 1. The fourth-order valence-corrected chi connectivity index (χ4v) is 2.15. The van der Waals surface area contributed by atoms with Crippen LogP contribution in [0.3, 0.4) is 0 Å². The van der Waals surface area contributed by atoms with Crippen molar-refractivity contribution in [2.45, 2.75) is 12.1 Å². The third kappa shape index (κ3) is 3.59. The van der Waals surface area contributed by atoms with E-state index in [-0.39, 0.29) is 10.4 Å². The molecule has 20 heavy (non-hydrogen) atoms. The van der Waals surface area contributed by atoms with Crippen LogP contribution in [0, 0.1) is 0 Å². The molecule has 1 aromatic carbocycles. The van der Waals surface area contributed by atoms with Gasteiger partial charge in [-0.1, -0.05) is 6.04 Å². The SMILES string of the molecule is [2H]c1[nH]c2c([2H])c([2H])c(CS(=O)(=O)NC)c([2H])c2c1C([2H])([2H])C([2H])([2H])N(C)C([2H])([2H])[2H]. The molecule has 5 nitrogen and oxygen atoms in total. The maximum atomic E-state index is 12.0. The van der Waals surface area contributed by atoms with E-state index in [2.05, 4.69) is 4.98 Å². The highest BCUT2D eigenvalue weighted by atomic mass is 32.2. The lowest BCUT2D eigenvalue weighted by Crippen LogP contribution is -2.20. The van der Waals surface area contributed by atoms with Gasteiger partial charge in [0.2, 0.25) is 10.0 Å². The van der Waals surface area contributed by atoms with E-state index in [1.165, 1.54) is 0 Å². The Hall–Kier alpha value is -1.37. The average molecular weight is 306 g/mol. The summed E-state index contributed by atoms with van der Waals surface area (Å²) in [6.07, 6.45) is -3.91. The van der Waals surface area contributed by atoms with Crippen molar-refractivity contribution in [3.05, 3.63) is 35.4 Å². The highest BCUT2D eigenvalue weighted by Crippen LogP contribution is 2.21. The van der Waals surface area contributed by atoms with Crippen LogP contribution >= 0.6 is 0 Å². The summed E-state index contributed by atoms with van der Waals surface area (Å²) in [6.45, 7) is -6.23. The second-order valence-electron chi connectivity index (χ2n) is 3.99. The van der Waals surface area contributed by atoms with Crippen molar-refractivity contribution in [2.75, 3.05) is 27.6 Å². The van der Waals surface area contributed by atoms with Gasteiger partial charge in [-0.05, 0) is 50.7 Å². The first kappa shape index (κ1) is 6.17. The van der Waals surface area contributed by atoms with Gasteiger partial charge in [0.25, 0.3) is 0 Å². The van der Waals surface area contributed by atoms with Gasteiger partial charge in [-0.25, -0.2) is 13.1 Å². The molecule has 0 fully saturated rings. The molecule has 2 rings (SSSR count). The molecule has 2 N–H and O–H groups in total. The fraction of sp³-hybridized carbons (Fsp3) is 0.429. The number of aromatic nitrogens is 1. The molecule has 0 radical (unpaired) electrons. The molecule has 6 heteroatoms. The highest BCUT2D eigenvalue weighted by Gasteiger charge is 2.11. The number of hydrogen-bond donors (Lipinski definition) is 2. The smallest absolute Gasteiger partial charge is 0.215 e. The minimum atomic E-state index is -3.99. The van der Waals surface area contributed by atoms with Gasteiger partial charge in [-0.15, -0.1) is 0 Å². The molecule has 0 aliphatic heterocycles. The predicted octanol–water partition coefficient (Wildman–Crippen LogP) is 1.32. The third-order valence-electron chi connectivity index (χ3n) is 2.42. The molecule has 0 amide bonds. The lowest BCUT2D eigenvalue weighted by molar-refractivity contribution is 0.414. The number of rotatable bonds is 6. The van der Waals surface area contributed by atoms with Gasteiger partial charge in [0.05, 0.1) is 11.2 Å². The summed E-state index contributed by atoms with van der Waals surface area (Å²) in [5, 5.41) is -0.458. The summed E-state index contributed by atoms with van der Waals surface area (Å²) in [5.74, 6) is -0.869.